The second-order valence-electron chi connectivity index (χ2n) is 14.5. The molecular weight excluding hydrogens is 697 g/mol. The SMILES string of the molecule is CC(CC1(CC2(CC(C)c3ccccc3)c3ccccc3-c3nc(C#N)c(C#N)nc32)c2ccccc2-c2nc(C#N)c(C#N)nc21)C(=O)Oc1ccccc1. The molecule has 10 heteroatoms. The highest BCUT2D eigenvalue weighted by molar-refractivity contribution is 5.82. The molecule has 0 spiro atoms. The van der Waals surface area contributed by atoms with Gasteiger partial charge in [-0.25, -0.2) is 19.9 Å². The highest BCUT2D eigenvalue weighted by Gasteiger charge is 2.57. The van der Waals surface area contributed by atoms with Gasteiger partial charge in [0.1, 0.15) is 30.0 Å². The lowest BCUT2D eigenvalue weighted by Crippen LogP contribution is -2.42. The third-order valence-corrected chi connectivity index (χ3v) is 11.2. The van der Waals surface area contributed by atoms with E-state index in [0.29, 0.717) is 34.9 Å². The molecule has 2 aliphatic rings. The smallest absolute Gasteiger partial charge is 0.314 e. The van der Waals surface area contributed by atoms with Gasteiger partial charge in [-0.05, 0) is 54.0 Å². The largest absolute Gasteiger partial charge is 0.426 e. The van der Waals surface area contributed by atoms with Crippen LogP contribution in [-0.2, 0) is 15.6 Å². The van der Waals surface area contributed by atoms with Crippen molar-refractivity contribution in [3.8, 4) is 52.5 Å². The van der Waals surface area contributed by atoms with Gasteiger partial charge in [0, 0.05) is 22.0 Å². The summed E-state index contributed by atoms with van der Waals surface area (Å²) < 4.78 is 5.92. The maximum absolute atomic E-state index is 14.1. The van der Waals surface area contributed by atoms with Crippen LogP contribution in [0, 0.1) is 51.2 Å². The Labute approximate surface area is 324 Å². The standard InChI is InChI=1S/C46H32N8O2/c1-28(30-13-5-3-6-14-30)21-45(34-19-11-9-17-32(34)40-42(45)53-38(25-49)36(23-47)51-40)27-46(22-29(2)44(55)56-31-15-7-4-8-16-31)35-20-12-10-18-33(35)41-43(46)54-39(26-50)37(24-48)52-41/h3-20,28-29H,21-22,27H2,1-2H3. The molecule has 8 rings (SSSR count). The Kier molecular flexibility index (Phi) is 8.89. The summed E-state index contributed by atoms with van der Waals surface area (Å²) in [5, 5.41) is 40.8. The number of esters is 1. The average Bonchev–Trinajstić information content (AvgIpc) is 3.65. The molecule has 2 aromatic heterocycles. The molecule has 0 aliphatic heterocycles. The Bertz CT molecular complexity index is 2720. The van der Waals surface area contributed by atoms with E-state index in [2.05, 4.69) is 37.3 Å². The number of carbonyl (C=O) groups excluding carboxylic acids is 1. The molecule has 56 heavy (non-hydrogen) atoms. The molecule has 0 saturated carbocycles. The van der Waals surface area contributed by atoms with Gasteiger partial charge in [0.25, 0.3) is 0 Å². The molecule has 2 heterocycles. The second-order valence-corrected chi connectivity index (χ2v) is 14.5. The van der Waals surface area contributed by atoms with Crippen LogP contribution in [0.2, 0.25) is 0 Å². The number of aromatic nitrogens is 4. The summed E-state index contributed by atoms with van der Waals surface area (Å²) in [6, 6.07) is 42.9. The van der Waals surface area contributed by atoms with Crippen LogP contribution in [-0.4, -0.2) is 25.9 Å². The fourth-order valence-electron chi connectivity index (χ4n) is 8.86. The van der Waals surface area contributed by atoms with Gasteiger partial charge < -0.3 is 4.74 Å². The highest BCUT2D eigenvalue weighted by atomic mass is 16.5. The van der Waals surface area contributed by atoms with Crippen LogP contribution in [0.3, 0.4) is 0 Å². The maximum Gasteiger partial charge on any atom is 0.314 e. The van der Waals surface area contributed by atoms with Gasteiger partial charge in [0.15, 0.2) is 22.8 Å². The van der Waals surface area contributed by atoms with Crippen LogP contribution < -0.4 is 4.74 Å². The Balaban J connectivity index is 1.43. The first kappa shape index (κ1) is 35.5. The monoisotopic (exact) mass is 728 g/mol. The fraction of sp³-hybridized carbons (Fsp3) is 0.196. The first-order valence-corrected chi connectivity index (χ1v) is 18.2. The van der Waals surface area contributed by atoms with Crippen LogP contribution in [0.1, 0.15) is 89.9 Å². The van der Waals surface area contributed by atoms with Crippen molar-refractivity contribution in [3.63, 3.8) is 0 Å². The van der Waals surface area contributed by atoms with E-state index in [1.54, 1.807) is 24.3 Å². The molecule has 0 saturated heterocycles. The third-order valence-electron chi connectivity index (χ3n) is 11.2. The highest BCUT2D eigenvalue weighted by Crippen LogP contribution is 2.62. The van der Waals surface area contributed by atoms with Crippen molar-refractivity contribution in [2.24, 2.45) is 5.92 Å². The Morgan fingerprint density at radius 1 is 0.589 bits per heavy atom. The minimum atomic E-state index is -1.12. The van der Waals surface area contributed by atoms with Gasteiger partial charge in [0.05, 0.1) is 28.7 Å². The number of fused-ring (bicyclic) bond motifs is 6. The summed E-state index contributed by atoms with van der Waals surface area (Å²) >= 11 is 0. The number of carbonyl (C=O) groups is 1. The summed E-state index contributed by atoms with van der Waals surface area (Å²) in [4.78, 5) is 33.6. The Morgan fingerprint density at radius 3 is 1.52 bits per heavy atom. The van der Waals surface area contributed by atoms with Crippen molar-refractivity contribution in [1.29, 1.82) is 21.0 Å². The third kappa shape index (κ3) is 5.64. The molecule has 0 fully saturated rings. The Morgan fingerprint density at radius 2 is 1.02 bits per heavy atom. The topological polar surface area (TPSA) is 173 Å². The molecule has 10 nitrogen and oxygen atoms in total. The molecule has 4 atom stereocenters. The van der Waals surface area contributed by atoms with E-state index in [1.165, 1.54) is 0 Å². The van der Waals surface area contributed by atoms with E-state index in [-0.39, 0.29) is 41.5 Å². The van der Waals surface area contributed by atoms with Crippen molar-refractivity contribution in [2.45, 2.75) is 49.9 Å². The van der Waals surface area contributed by atoms with Crippen molar-refractivity contribution in [1.82, 2.24) is 19.9 Å². The number of benzene rings is 4. The average molecular weight is 729 g/mol. The van der Waals surface area contributed by atoms with E-state index in [4.69, 9.17) is 24.7 Å². The zero-order valence-electron chi connectivity index (χ0n) is 30.6. The molecule has 4 aromatic carbocycles. The molecule has 0 N–H and O–H groups in total. The predicted molar refractivity (Wildman–Crippen MR) is 205 cm³/mol. The van der Waals surface area contributed by atoms with Gasteiger partial charge in [-0.2, -0.15) is 21.0 Å². The van der Waals surface area contributed by atoms with E-state index >= 15 is 0 Å². The van der Waals surface area contributed by atoms with Crippen molar-refractivity contribution < 1.29 is 9.53 Å². The number of hydrogen-bond donors (Lipinski definition) is 0. The van der Waals surface area contributed by atoms with Crippen LogP contribution >= 0.6 is 0 Å². The van der Waals surface area contributed by atoms with Gasteiger partial charge in [-0.15, -0.1) is 0 Å². The van der Waals surface area contributed by atoms with Crippen LogP contribution in [0.15, 0.2) is 109 Å². The van der Waals surface area contributed by atoms with Crippen LogP contribution in [0.4, 0.5) is 0 Å². The van der Waals surface area contributed by atoms with Crippen molar-refractivity contribution in [3.05, 3.63) is 160 Å². The minimum Gasteiger partial charge on any atom is -0.426 e. The molecule has 2 aliphatic carbocycles. The van der Waals surface area contributed by atoms with E-state index in [9.17, 15) is 25.8 Å². The molecular formula is C46H32N8O2. The number of nitriles is 4. The van der Waals surface area contributed by atoms with E-state index in [1.807, 2.05) is 85.8 Å². The number of para-hydroxylation sites is 1. The zero-order chi connectivity index (χ0) is 39.0. The molecule has 4 unspecified atom stereocenters. The summed E-state index contributed by atoms with van der Waals surface area (Å²) in [6.45, 7) is 3.97. The lowest BCUT2D eigenvalue weighted by atomic mass is 9.59. The van der Waals surface area contributed by atoms with Gasteiger partial charge >= 0.3 is 5.97 Å². The van der Waals surface area contributed by atoms with E-state index in [0.717, 1.165) is 27.8 Å². The number of nitrogens with zero attached hydrogens (tertiary/aromatic N) is 8. The molecule has 0 bridgehead atoms. The summed E-state index contributed by atoms with van der Waals surface area (Å²) in [5.74, 6) is -0.810. The van der Waals surface area contributed by atoms with Crippen molar-refractivity contribution >= 4 is 5.97 Å². The molecule has 268 valence electrons. The number of ether oxygens (including phenoxy) is 1. The molecule has 0 amide bonds. The summed E-state index contributed by atoms with van der Waals surface area (Å²) in [7, 11) is 0. The number of rotatable bonds is 9. The second kappa shape index (κ2) is 14.0. The van der Waals surface area contributed by atoms with E-state index < -0.39 is 22.7 Å². The lowest BCUT2D eigenvalue weighted by Gasteiger charge is -2.43. The lowest BCUT2D eigenvalue weighted by molar-refractivity contribution is -0.139. The first-order chi connectivity index (χ1) is 27.3. The van der Waals surface area contributed by atoms with Gasteiger partial charge in [-0.3, -0.25) is 4.79 Å². The van der Waals surface area contributed by atoms with Gasteiger partial charge in [0.2, 0.25) is 0 Å². The quantitative estimate of drug-likeness (QED) is 0.104. The van der Waals surface area contributed by atoms with Gasteiger partial charge in [-0.1, -0.05) is 111 Å². The van der Waals surface area contributed by atoms with Crippen LogP contribution in [0.5, 0.6) is 5.75 Å². The normalized spacial score (nSPS) is 18.0. The molecule has 6 aromatic rings. The van der Waals surface area contributed by atoms with Crippen molar-refractivity contribution in [2.75, 3.05) is 0 Å². The minimum absolute atomic E-state index is 0.0615. The maximum atomic E-state index is 14.1. The summed E-state index contributed by atoms with van der Waals surface area (Å²) in [5.41, 5.74) is 3.86. The number of hydrogen-bond acceptors (Lipinski definition) is 10. The molecule has 0 radical (unpaired) electrons. The van der Waals surface area contributed by atoms with Crippen LogP contribution in [0.25, 0.3) is 22.5 Å². The first-order valence-electron chi connectivity index (χ1n) is 18.2. The zero-order valence-corrected chi connectivity index (χ0v) is 30.6. The Hall–Kier alpha value is -7.53. The fourth-order valence-corrected chi connectivity index (χ4v) is 8.86. The predicted octanol–water partition coefficient (Wildman–Crippen LogP) is 8.20. The summed E-state index contributed by atoms with van der Waals surface area (Å²) in [6.07, 6.45) is 0.927.